The van der Waals surface area contributed by atoms with Gasteiger partial charge in [-0.15, -0.1) is 0 Å². The fraction of sp³-hybridized carbons (Fsp3) is 0.467. The molecule has 1 aromatic rings. The molecule has 1 aliphatic rings. The van der Waals surface area contributed by atoms with Crippen LogP contribution in [0.15, 0.2) is 18.2 Å². The third kappa shape index (κ3) is 2.53. The standard InChI is InChI=1S/C15H18N2O/c1-11-3-4-12(2)13(9-11)5-8-17-14(18)15(10-16)6-7-15/h3-4,9H,5-8H2,1-2H3,(H,17,18). The Labute approximate surface area is 108 Å². The van der Waals surface area contributed by atoms with Crippen LogP contribution < -0.4 is 5.32 Å². The SMILES string of the molecule is Cc1ccc(C)c(CCNC(=O)C2(C#N)CC2)c1. The van der Waals surface area contributed by atoms with Crippen LogP contribution in [0.25, 0.3) is 0 Å². The number of carbonyl (C=O) groups is 1. The van der Waals surface area contributed by atoms with E-state index in [2.05, 4.69) is 43.4 Å². The van der Waals surface area contributed by atoms with E-state index in [1.807, 2.05) is 0 Å². The molecule has 2 rings (SSSR count). The minimum absolute atomic E-state index is 0.102. The van der Waals surface area contributed by atoms with E-state index in [4.69, 9.17) is 5.26 Å². The third-order valence-corrected chi connectivity index (χ3v) is 3.58. The predicted octanol–water partition coefficient (Wildman–Crippen LogP) is 2.27. The predicted molar refractivity (Wildman–Crippen MR) is 69.9 cm³/mol. The summed E-state index contributed by atoms with van der Waals surface area (Å²) in [5.74, 6) is -0.102. The minimum atomic E-state index is -0.707. The average molecular weight is 242 g/mol. The van der Waals surface area contributed by atoms with E-state index in [0.717, 1.165) is 6.42 Å². The number of amides is 1. The number of aryl methyl sites for hydroxylation is 2. The van der Waals surface area contributed by atoms with Crippen LogP contribution in [0.4, 0.5) is 0 Å². The van der Waals surface area contributed by atoms with Gasteiger partial charge in [0.2, 0.25) is 5.91 Å². The summed E-state index contributed by atoms with van der Waals surface area (Å²) in [6, 6.07) is 8.45. The summed E-state index contributed by atoms with van der Waals surface area (Å²) in [4.78, 5) is 11.8. The largest absolute Gasteiger partial charge is 0.354 e. The lowest BCUT2D eigenvalue weighted by Crippen LogP contribution is -2.32. The van der Waals surface area contributed by atoms with Gasteiger partial charge in [-0.3, -0.25) is 4.79 Å². The summed E-state index contributed by atoms with van der Waals surface area (Å²) < 4.78 is 0. The molecule has 1 aromatic carbocycles. The van der Waals surface area contributed by atoms with E-state index in [0.29, 0.717) is 19.4 Å². The van der Waals surface area contributed by atoms with Crippen molar-refractivity contribution in [1.82, 2.24) is 5.32 Å². The summed E-state index contributed by atoms with van der Waals surface area (Å²) in [6.45, 7) is 4.75. The van der Waals surface area contributed by atoms with Gasteiger partial charge in [0.05, 0.1) is 6.07 Å². The first-order valence-electron chi connectivity index (χ1n) is 6.33. The van der Waals surface area contributed by atoms with Crippen LogP contribution in [-0.2, 0) is 11.2 Å². The molecule has 1 amide bonds. The van der Waals surface area contributed by atoms with Crippen molar-refractivity contribution in [1.29, 1.82) is 5.26 Å². The number of nitrogens with one attached hydrogen (secondary N) is 1. The van der Waals surface area contributed by atoms with Crippen LogP contribution in [0.2, 0.25) is 0 Å². The molecule has 1 fully saturated rings. The van der Waals surface area contributed by atoms with Crippen LogP contribution in [0, 0.1) is 30.6 Å². The Kier molecular flexibility index (Phi) is 3.38. The van der Waals surface area contributed by atoms with Crippen molar-refractivity contribution >= 4 is 5.91 Å². The fourth-order valence-corrected chi connectivity index (χ4v) is 2.06. The zero-order valence-corrected chi connectivity index (χ0v) is 10.9. The zero-order chi connectivity index (χ0) is 13.2. The third-order valence-electron chi connectivity index (χ3n) is 3.58. The van der Waals surface area contributed by atoms with Gasteiger partial charge in [0.1, 0.15) is 5.41 Å². The summed E-state index contributed by atoms with van der Waals surface area (Å²) in [7, 11) is 0. The van der Waals surface area contributed by atoms with Crippen molar-refractivity contribution in [3.8, 4) is 6.07 Å². The van der Waals surface area contributed by atoms with Crippen LogP contribution in [0.1, 0.15) is 29.5 Å². The molecule has 1 saturated carbocycles. The van der Waals surface area contributed by atoms with Crippen molar-refractivity contribution in [2.75, 3.05) is 6.54 Å². The molecule has 0 saturated heterocycles. The highest BCUT2D eigenvalue weighted by atomic mass is 16.2. The highest BCUT2D eigenvalue weighted by Gasteiger charge is 2.50. The Morgan fingerprint density at radius 1 is 1.44 bits per heavy atom. The molecule has 94 valence electrons. The van der Waals surface area contributed by atoms with E-state index in [-0.39, 0.29) is 5.91 Å². The fourth-order valence-electron chi connectivity index (χ4n) is 2.06. The Morgan fingerprint density at radius 3 is 2.78 bits per heavy atom. The van der Waals surface area contributed by atoms with Gasteiger partial charge in [-0.25, -0.2) is 0 Å². The summed E-state index contributed by atoms with van der Waals surface area (Å²) in [5.41, 5.74) is 3.03. The molecular formula is C15H18N2O. The zero-order valence-electron chi connectivity index (χ0n) is 10.9. The highest BCUT2D eigenvalue weighted by molar-refractivity contribution is 5.88. The topological polar surface area (TPSA) is 52.9 Å². The molecule has 0 bridgehead atoms. The lowest BCUT2D eigenvalue weighted by molar-refractivity contribution is -0.124. The van der Waals surface area contributed by atoms with Gasteiger partial charge in [-0.05, 0) is 44.2 Å². The van der Waals surface area contributed by atoms with E-state index >= 15 is 0 Å². The number of hydrogen-bond acceptors (Lipinski definition) is 2. The number of nitriles is 1. The lowest BCUT2D eigenvalue weighted by Gasteiger charge is -2.10. The molecule has 0 aliphatic heterocycles. The highest BCUT2D eigenvalue weighted by Crippen LogP contribution is 2.44. The molecule has 18 heavy (non-hydrogen) atoms. The van der Waals surface area contributed by atoms with Crippen molar-refractivity contribution < 1.29 is 4.79 Å². The first kappa shape index (κ1) is 12.6. The van der Waals surface area contributed by atoms with Crippen LogP contribution in [0.5, 0.6) is 0 Å². The first-order valence-corrected chi connectivity index (χ1v) is 6.33. The van der Waals surface area contributed by atoms with Gasteiger partial charge in [0.15, 0.2) is 0 Å². The van der Waals surface area contributed by atoms with Crippen LogP contribution in [0.3, 0.4) is 0 Å². The Morgan fingerprint density at radius 2 is 2.17 bits per heavy atom. The number of hydrogen-bond donors (Lipinski definition) is 1. The molecule has 1 N–H and O–H groups in total. The first-order chi connectivity index (χ1) is 8.57. The molecule has 0 unspecified atom stereocenters. The quantitative estimate of drug-likeness (QED) is 0.880. The molecule has 3 nitrogen and oxygen atoms in total. The molecule has 0 radical (unpaired) electrons. The van der Waals surface area contributed by atoms with Crippen LogP contribution >= 0.6 is 0 Å². The van der Waals surface area contributed by atoms with Crippen molar-refractivity contribution in [2.45, 2.75) is 33.1 Å². The average Bonchev–Trinajstić information content (AvgIpc) is 3.14. The van der Waals surface area contributed by atoms with E-state index in [1.54, 1.807) is 0 Å². The van der Waals surface area contributed by atoms with E-state index in [9.17, 15) is 4.79 Å². The summed E-state index contributed by atoms with van der Waals surface area (Å²) in [6.07, 6.45) is 2.23. The number of carbonyl (C=O) groups excluding carboxylic acids is 1. The Balaban J connectivity index is 1.88. The normalized spacial score (nSPS) is 15.8. The maximum atomic E-state index is 11.8. The maximum Gasteiger partial charge on any atom is 0.240 e. The maximum absolute atomic E-state index is 11.8. The molecular weight excluding hydrogens is 224 g/mol. The number of benzene rings is 1. The molecule has 3 heteroatoms. The van der Waals surface area contributed by atoms with Crippen molar-refractivity contribution in [2.24, 2.45) is 5.41 Å². The molecule has 0 atom stereocenters. The van der Waals surface area contributed by atoms with Crippen LogP contribution in [-0.4, -0.2) is 12.5 Å². The van der Waals surface area contributed by atoms with E-state index < -0.39 is 5.41 Å². The van der Waals surface area contributed by atoms with Gasteiger partial charge in [0, 0.05) is 6.54 Å². The van der Waals surface area contributed by atoms with Crippen molar-refractivity contribution in [3.05, 3.63) is 34.9 Å². The second-order valence-electron chi connectivity index (χ2n) is 5.13. The van der Waals surface area contributed by atoms with E-state index in [1.165, 1.54) is 16.7 Å². The molecule has 0 spiro atoms. The monoisotopic (exact) mass is 242 g/mol. The molecule has 0 aromatic heterocycles. The second kappa shape index (κ2) is 4.81. The second-order valence-corrected chi connectivity index (χ2v) is 5.13. The number of rotatable bonds is 4. The Hall–Kier alpha value is -1.82. The smallest absolute Gasteiger partial charge is 0.240 e. The van der Waals surface area contributed by atoms with Gasteiger partial charge < -0.3 is 5.32 Å². The van der Waals surface area contributed by atoms with Gasteiger partial charge in [0.25, 0.3) is 0 Å². The lowest BCUT2D eigenvalue weighted by atomic mass is 10.0. The Bertz CT molecular complexity index is 510. The van der Waals surface area contributed by atoms with Gasteiger partial charge in [-0.2, -0.15) is 5.26 Å². The number of nitrogens with zero attached hydrogens (tertiary/aromatic N) is 1. The van der Waals surface area contributed by atoms with Crippen molar-refractivity contribution in [3.63, 3.8) is 0 Å². The summed E-state index contributed by atoms with van der Waals surface area (Å²) >= 11 is 0. The molecule has 0 heterocycles. The minimum Gasteiger partial charge on any atom is -0.354 e. The summed E-state index contributed by atoms with van der Waals surface area (Å²) in [5, 5.41) is 11.8. The van der Waals surface area contributed by atoms with Gasteiger partial charge in [-0.1, -0.05) is 23.8 Å². The van der Waals surface area contributed by atoms with Gasteiger partial charge >= 0.3 is 0 Å². The molecule has 1 aliphatic carbocycles.